The number of methoxy groups -OCH3 is 2. The van der Waals surface area contributed by atoms with Crippen molar-refractivity contribution < 1.29 is 9.47 Å². The summed E-state index contributed by atoms with van der Waals surface area (Å²) in [7, 11) is 3.33. The molecule has 2 atom stereocenters. The van der Waals surface area contributed by atoms with E-state index in [1.54, 1.807) is 14.2 Å². The highest BCUT2D eigenvalue weighted by molar-refractivity contribution is 5.46. The lowest BCUT2D eigenvalue weighted by molar-refractivity contribution is 0.315. The van der Waals surface area contributed by atoms with E-state index in [4.69, 9.17) is 9.47 Å². The molecule has 20 heavy (non-hydrogen) atoms. The van der Waals surface area contributed by atoms with Crippen LogP contribution in [0.1, 0.15) is 39.3 Å². The van der Waals surface area contributed by atoms with Gasteiger partial charge in [0.05, 0.1) is 20.3 Å². The lowest BCUT2D eigenvalue weighted by Gasteiger charge is -2.28. The molecule has 0 saturated carbocycles. The van der Waals surface area contributed by atoms with E-state index >= 15 is 0 Å². The molecule has 0 bridgehead atoms. The molecule has 0 aromatic heterocycles. The molecule has 110 valence electrons. The number of ether oxygens (including phenoxy) is 2. The van der Waals surface area contributed by atoms with Crippen molar-refractivity contribution in [3.63, 3.8) is 0 Å². The molecule has 1 aromatic carbocycles. The van der Waals surface area contributed by atoms with Gasteiger partial charge in [-0.25, -0.2) is 0 Å². The normalized spacial score (nSPS) is 22.6. The van der Waals surface area contributed by atoms with Crippen LogP contribution < -0.4 is 14.8 Å². The summed E-state index contributed by atoms with van der Waals surface area (Å²) in [4.78, 5) is 0. The zero-order chi connectivity index (χ0) is 14.9. The van der Waals surface area contributed by atoms with Crippen LogP contribution in [0.15, 0.2) is 29.8 Å². The van der Waals surface area contributed by atoms with E-state index in [0.717, 1.165) is 11.5 Å². The Hall–Kier alpha value is -1.48. The highest BCUT2D eigenvalue weighted by Gasteiger charge is 2.32. The molecule has 0 saturated heterocycles. The van der Waals surface area contributed by atoms with Gasteiger partial charge in [-0.2, -0.15) is 0 Å². The van der Waals surface area contributed by atoms with Gasteiger partial charge >= 0.3 is 0 Å². The van der Waals surface area contributed by atoms with E-state index in [0.29, 0.717) is 6.04 Å². The van der Waals surface area contributed by atoms with Gasteiger partial charge in [0.25, 0.3) is 0 Å². The summed E-state index contributed by atoms with van der Waals surface area (Å²) < 4.78 is 10.7. The van der Waals surface area contributed by atoms with Crippen LogP contribution in [-0.4, -0.2) is 20.3 Å². The molecule has 0 aliphatic carbocycles. The number of benzene rings is 1. The van der Waals surface area contributed by atoms with Crippen LogP contribution in [0, 0.1) is 5.41 Å². The minimum Gasteiger partial charge on any atom is -0.493 e. The van der Waals surface area contributed by atoms with E-state index in [9.17, 15) is 0 Å². The van der Waals surface area contributed by atoms with Crippen molar-refractivity contribution in [3.05, 3.63) is 35.4 Å². The van der Waals surface area contributed by atoms with Gasteiger partial charge in [0.1, 0.15) is 0 Å². The van der Waals surface area contributed by atoms with Gasteiger partial charge in [-0.05, 0) is 30.0 Å². The lowest BCUT2D eigenvalue weighted by Crippen LogP contribution is -2.36. The molecule has 1 aromatic rings. The SMILES string of the molecule is COc1ccc(C2NC(C(C)(C)C)C=C2C)cc1OC. The zero-order valence-corrected chi connectivity index (χ0v) is 13.3. The number of hydrogen-bond donors (Lipinski definition) is 1. The summed E-state index contributed by atoms with van der Waals surface area (Å²) in [5, 5.41) is 3.70. The molecular formula is C17H25NO2. The van der Waals surface area contributed by atoms with E-state index in [2.05, 4.69) is 51.2 Å². The minimum absolute atomic E-state index is 0.215. The molecule has 2 rings (SSSR count). The fourth-order valence-corrected chi connectivity index (χ4v) is 2.61. The largest absolute Gasteiger partial charge is 0.493 e. The lowest BCUT2D eigenvalue weighted by atomic mass is 9.87. The van der Waals surface area contributed by atoms with Crippen molar-refractivity contribution >= 4 is 0 Å². The van der Waals surface area contributed by atoms with Crippen molar-refractivity contribution in [3.8, 4) is 11.5 Å². The average Bonchev–Trinajstić information content (AvgIpc) is 2.80. The second kappa shape index (κ2) is 5.49. The first kappa shape index (κ1) is 14.9. The fraction of sp³-hybridized carbons (Fsp3) is 0.529. The summed E-state index contributed by atoms with van der Waals surface area (Å²) in [6, 6.07) is 6.76. The molecule has 3 nitrogen and oxygen atoms in total. The zero-order valence-electron chi connectivity index (χ0n) is 13.3. The molecule has 0 fully saturated rings. The van der Waals surface area contributed by atoms with Crippen LogP contribution in [0.25, 0.3) is 0 Å². The summed E-state index contributed by atoms with van der Waals surface area (Å²) in [6.07, 6.45) is 2.33. The minimum atomic E-state index is 0.215. The Morgan fingerprint density at radius 3 is 2.20 bits per heavy atom. The maximum atomic E-state index is 5.39. The molecule has 3 heteroatoms. The van der Waals surface area contributed by atoms with Crippen molar-refractivity contribution in [1.29, 1.82) is 0 Å². The predicted molar refractivity (Wildman–Crippen MR) is 82.4 cm³/mol. The van der Waals surface area contributed by atoms with Crippen molar-refractivity contribution in [2.24, 2.45) is 5.41 Å². The standard InChI is InChI=1S/C17H25NO2/c1-11-9-15(17(2,3)4)18-16(11)12-7-8-13(19-5)14(10-12)20-6/h7-10,15-16,18H,1-6H3. The molecule has 0 radical (unpaired) electrons. The van der Waals surface area contributed by atoms with E-state index < -0.39 is 0 Å². The smallest absolute Gasteiger partial charge is 0.161 e. The van der Waals surface area contributed by atoms with E-state index in [-0.39, 0.29) is 11.5 Å². The first-order chi connectivity index (χ1) is 9.36. The summed E-state index contributed by atoms with van der Waals surface area (Å²) in [5.74, 6) is 1.54. The molecule has 0 amide bonds. The Morgan fingerprint density at radius 1 is 1.05 bits per heavy atom. The summed E-state index contributed by atoms with van der Waals surface area (Å²) in [5.41, 5.74) is 2.78. The van der Waals surface area contributed by atoms with Crippen LogP contribution in [0.3, 0.4) is 0 Å². The highest BCUT2D eigenvalue weighted by atomic mass is 16.5. The van der Waals surface area contributed by atoms with Crippen molar-refractivity contribution in [1.82, 2.24) is 5.32 Å². The number of rotatable bonds is 3. The quantitative estimate of drug-likeness (QED) is 0.853. The fourth-order valence-electron chi connectivity index (χ4n) is 2.61. The topological polar surface area (TPSA) is 30.5 Å². The Kier molecular flexibility index (Phi) is 4.09. The highest BCUT2D eigenvalue weighted by Crippen LogP contribution is 2.37. The van der Waals surface area contributed by atoms with Crippen LogP contribution in [0.5, 0.6) is 11.5 Å². The van der Waals surface area contributed by atoms with Crippen molar-refractivity contribution in [2.75, 3.05) is 14.2 Å². The van der Waals surface area contributed by atoms with E-state index in [1.165, 1.54) is 11.1 Å². The van der Waals surface area contributed by atoms with E-state index in [1.807, 2.05) is 6.07 Å². The molecular weight excluding hydrogens is 250 g/mol. The third-order valence-corrected chi connectivity index (χ3v) is 3.91. The molecule has 2 unspecified atom stereocenters. The van der Waals surface area contributed by atoms with Gasteiger partial charge < -0.3 is 9.47 Å². The first-order valence-corrected chi connectivity index (χ1v) is 7.03. The number of nitrogens with one attached hydrogen (secondary N) is 1. The van der Waals surface area contributed by atoms with Crippen LogP contribution in [0.4, 0.5) is 0 Å². The van der Waals surface area contributed by atoms with Gasteiger partial charge in [0.15, 0.2) is 11.5 Å². The summed E-state index contributed by atoms with van der Waals surface area (Å²) in [6.45, 7) is 8.95. The molecule has 0 spiro atoms. The van der Waals surface area contributed by atoms with Gasteiger partial charge in [0, 0.05) is 6.04 Å². The second-order valence-corrected chi connectivity index (χ2v) is 6.47. The third kappa shape index (κ3) is 2.83. The number of hydrogen-bond acceptors (Lipinski definition) is 3. The van der Waals surface area contributed by atoms with Crippen molar-refractivity contribution in [2.45, 2.75) is 39.8 Å². The Labute approximate surface area is 122 Å². The van der Waals surface area contributed by atoms with Crippen LogP contribution >= 0.6 is 0 Å². The monoisotopic (exact) mass is 275 g/mol. The Balaban J connectivity index is 2.28. The first-order valence-electron chi connectivity index (χ1n) is 7.03. The van der Waals surface area contributed by atoms with Gasteiger partial charge in [-0.1, -0.05) is 38.5 Å². The second-order valence-electron chi connectivity index (χ2n) is 6.47. The van der Waals surface area contributed by atoms with Gasteiger partial charge in [-0.15, -0.1) is 0 Å². The predicted octanol–water partition coefficient (Wildman–Crippen LogP) is 3.71. The summed E-state index contributed by atoms with van der Waals surface area (Å²) >= 11 is 0. The maximum Gasteiger partial charge on any atom is 0.161 e. The maximum absolute atomic E-state index is 5.39. The molecule has 1 aliphatic heterocycles. The Morgan fingerprint density at radius 2 is 1.70 bits per heavy atom. The Bertz CT molecular complexity index is 514. The van der Waals surface area contributed by atoms with Gasteiger partial charge in [-0.3, -0.25) is 5.32 Å². The molecule has 1 heterocycles. The third-order valence-electron chi connectivity index (χ3n) is 3.91. The van der Waals surface area contributed by atoms with Crippen LogP contribution in [-0.2, 0) is 0 Å². The molecule has 1 N–H and O–H groups in total. The molecule has 1 aliphatic rings. The van der Waals surface area contributed by atoms with Gasteiger partial charge in [0.2, 0.25) is 0 Å². The average molecular weight is 275 g/mol. The van der Waals surface area contributed by atoms with Crippen LogP contribution in [0.2, 0.25) is 0 Å².